The Balaban J connectivity index is 2.29. The van der Waals surface area contributed by atoms with Gasteiger partial charge in [0.2, 0.25) is 5.91 Å². The molecule has 3 N–H and O–H groups in total. The lowest BCUT2D eigenvalue weighted by Gasteiger charge is -2.13. The molecule has 2 aromatic rings. The molecule has 1 heterocycles. The van der Waals surface area contributed by atoms with Crippen LogP contribution in [0.2, 0.25) is 0 Å². The summed E-state index contributed by atoms with van der Waals surface area (Å²) in [5, 5.41) is 4.03. The molecule has 94 valence electrons. The third-order valence-corrected chi connectivity index (χ3v) is 2.73. The first-order valence-corrected chi connectivity index (χ1v) is 5.67. The Labute approximate surface area is 106 Å². The van der Waals surface area contributed by atoms with Gasteiger partial charge in [-0.25, -0.2) is 0 Å². The number of nitrogen functional groups attached to an aromatic ring is 1. The summed E-state index contributed by atoms with van der Waals surface area (Å²) >= 11 is 0. The minimum atomic E-state index is 0.0175. The molecule has 0 bridgehead atoms. The highest BCUT2D eigenvalue weighted by atomic mass is 16.2. The Morgan fingerprint density at radius 1 is 1.39 bits per heavy atom. The molecular weight excluding hydrogens is 228 g/mol. The highest BCUT2D eigenvalue weighted by Crippen LogP contribution is 2.25. The standard InChI is InChI=1S/C13H16N4O/c1-17(2)12(18)8-16-11-6-7-15-13-9(11)4-3-5-10(13)14/h3-7H,8,14H2,1-2H3,(H,15,16). The van der Waals surface area contributed by atoms with E-state index in [0.717, 1.165) is 16.6 Å². The minimum absolute atomic E-state index is 0.0175. The SMILES string of the molecule is CN(C)C(=O)CNc1ccnc2c(N)cccc12. The number of para-hydroxylation sites is 1. The molecule has 0 aliphatic rings. The lowest BCUT2D eigenvalue weighted by Crippen LogP contribution is -2.28. The number of anilines is 2. The van der Waals surface area contributed by atoms with Gasteiger partial charge in [0.25, 0.3) is 0 Å². The number of pyridine rings is 1. The fourth-order valence-corrected chi connectivity index (χ4v) is 1.68. The van der Waals surface area contributed by atoms with Gasteiger partial charge in [-0.1, -0.05) is 12.1 Å². The van der Waals surface area contributed by atoms with Gasteiger partial charge in [-0.05, 0) is 12.1 Å². The fourth-order valence-electron chi connectivity index (χ4n) is 1.68. The molecule has 5 heteroatoms. The molecule has 18 heavy (non-hydrogen) atoms. The van der Waals surface area contributed by atoms with Crippen LogP contribution in [-0.2, 0) is 4.79 Å². The van der Waals surface area contributed by atoms with E-state index in [2.05, 4.69) is 10.3 Å². The van der Waals surface area contributed by atoms with Crippen molar-refractivity contribution in [2.75, 3.05) is 31.7 Å². The Morgan fingerprint density at radius 3 is 2.89 bits per heavy atom. The molecule has 0 unspecified atom stereocenters. The highest BCUT2D eigenvalue weighted by molar-refractivity contribution is 5.98. The summed E-state index contributed by atoms with van der Waals surface area (Å²) in [5.74, 6) is 0.0175. The second-order valence-electron chi connectivity index (χ2n) is 4.24. The molecule has 1 amide bonds. The zero-order valence-electron chi connectivity index (χ0n) is 10.5. The van der Waals surface area contributed by atoms with Crippen molar-refractivity contribution in [3.63, 3.8) is 0 Å². The number of likely N-dealkylation sites (N-methyl/N-ethyl adjacent to an activating group) is 1. The van der Waals surface area contributed by atoms with Crippen LogP contribution in [0.25, 0.3) is 10.9 Å². The van der Waals surface area contributed by atoms with Gasteiger partial charge < -0.3 is 16.0 Å². The lowest BCUT2D eigenvalue weighted by molar-refractivity contribution is -0.126. The van der Waals surface area contributed by atoms with Crippen LogP contribution in [0.15, 0.2) is 30.5 Å². The van der Waals surface area contributed by atoms with Crippen molar-refractivity contribution in [2.24, 2.45) is 0 Å². The number of nitrogens with zero attached hydrogens (tertiary/aromatic N) is 2. The lowest BCUT2D eigenvalue weighted by atomic mass is 10.1. The van der Waals surface area contributed by atoms with Crippen molar-refractivity contribution in [3.05, 3.63) is 30.5 Å². The Bertz CT molecular complexity index is 580. The number of carbonyl (C=O) groups is 1. The van der Waals surface area contributed by atoms with E-state index in [1.165, 1.54) is 0 Å². The van der Waals surface area contributed by atoms with Crippen molar-refractivity contribution >= 4 is 28.2 Å². The quantitative estimate of drug-likeness (QED) is 0.799. The van der Waals surface area contributed by atoms with E-state index in [1.54, 1.807) is 25.2 Å². The van der Waals surface area contributed by atoms with Crippen molar-refractivity contribution in [3.8, 4) is 0 Å². The first kappa shape index (κ1) is 12.2. The van der Waals surface area contributed by atoms with Gasteiger partial charge in [0.15, 0.2) is 0 Å². The average Bonchev–Trinajstić information content (AvgIpc) is 2.36. The summed E-state index contributed by atoms with van der Waals surface area (Å²) in [6.45, 7) is 0.251. The second-order valence-corrected chi connectivity index (χ2v) is 4.24. The predicted molar refractivity (Wildman–Crippen MR) is 73.3 cm³/mol. The molecule has 2 rings (SSSR count). The van der Waals surface area contributed by atoms with Crippen LogP contribution in [0.1, 0.15) is 0 Å². The molecule has 0 aliphatic carbocycles. The monoisotopic (exact) mass is 244 g/mol. The molecule has 0 aliphatic heterocycles. The minimum Gasteiger partial charge on any atom is -0.397 e. The van der Waals surface area contributed by atoms with Gasteiger partial charge in [0.05, 0.1) is 17.7 Å². The number of nitrogens with one attached hydrogen (secondary N) is 1. The normalized spacial score (nSPS) is 10.3. The Hall–Kier alpha value is -2.30. The zero-order valence-corrected chi connectivity index (χ0v) is 10.5. The van der Waals surface area contributed by atoms with Gasteiger partial charge >= 0.3 is 0 Å². The van der Waals surface area contributed by atoms with Crippen LogP contribution >= 0.6 is 0 Å². The fraction of sp³-hybridized carbons (Fsp3) is 0.231. The molecular formula is C13H16N4O. The van der Waals surface area contributed by atoms with Gasteiger partial charge in [0, 0.05) is 31.4 Å². The Kier molecular flexibility index (Phi) is 3.32. The predicted octanol–water partition coefficient (Wildman–Crippen LogP) is 1.32. The first-order valence-electron chi connectivity index (χ1n) is 5.67. The van der Waals surface area contributed by atoms with Gasteiger partial charge in [0.1, 0.15) is 0 Å². The number of amides is 1. The Morgan fingerprint density at radius 2 is 2.17 bits per heavy atom. The average molecular weight is 244 g/mol. The third kappa shape index (κ3) is 2.34. The smallest absolute Gasteiger partial charge is 0.241 e. The number of rotatable bonds is 3. The summed E-state index contributed by atoms with van der Waals surface area (Å²) in [6, 6.07) is 7.45. The van der Waals surface area contributed by atoms with Crippen molar-refractivity contribution in [1.82, 2.24) is 9.88 Å². The van der Waals surface area contributed by atoms with E-state index in [-0.39, 0.29) is 12.5 Å². The first-order chi connectivity index (χ1) is 8.59. The summed E-state index contributed by atoms with van der Waals surface area (Å²) in [4.78, 5) is 17.3. The summed E-state index contributed by atoms with van der Waals surface area (Å²) in [5.41, 5.74) is 8.11. The van der Waals surface area contributed by atoms with E-state index in [9.17, 15) is 4.79 Å². The van der Waals surface area contributed by atoms with Crippen LogP contribution in [0.4, 0.5) is 11.4 Å². The van der Waals surface area contributed by atoms with E-state index in [0.29, 0.717) is 5.69 Å². The van der Waals surface area contributed by atoms with Crippen molar-refractivity contribution < 1.29 is 4.79 Å². The van der Waals surface area contributed by atoms with Gasteiger partial charge in [-0.3, -0.25) is 9.78 Å². The number of benzene rings is 1. The zero-order chi connectivity index (χ0) is 13.1. The molecule has 0 spiro atoms. The highest BCUT2D eigenvalue weighted by Gasteiger charge is 2.07. The largest absolute Gasteiger partial charge is 0.397 e. The summed E-state index contributed by atoms with van der Waals surface area (Å²) < 4.78 is 0. The molecule has 0 saturated heterocycles. The molecule has 1 aromatic carbocycles. The molecule has 5 nitrogen and oxygen atoms in total. The molecule has 0 radical (unpaired) electrons. The summed E-state index contributed by atoms with van der Waals surface area (Å²) in [6.07, 6.45) is 1.68. The number of aromatic nitrogens is 1. The number of carbonyl (C=O) groups excluding carboxylic acids is 1. The maximum absolute atomic E-state index is 11.5. The molecule has 0 atom stereocenters. The van der Waals surface area contributed by atoms with Gasteiger partial charge in [-0.2, -0.15) is 0 Å². The van der Waals surface area contributed by atoms with Crippen LogP contribution in [0, 0.1) is 0 Å². The van der Waals surface area contributed by atoms with Gasteiger partial charge in [-0.15, -0.1) is 0 Å². The van der Waals surface area contributed by atoms with Crippen molar-refractivity contribution in [2.45, 2.75) is 0 Å². The maximum atomic E-state index is 11.5. The van der Waals surface area contributed by atoms with Crippen LogP contribution in [0.5, 0.6) is 0 Å². The van der Waals surface area contributed by atoms with E-state index in [1.807, 2.05) is 24.3 Å². The number of hydrogen-bond donors (Lipinski definition) is 2. The van der Waals surface area contributed by atoms with Crippen LogP contribution in [0.3, 0.4) is 0 Å². The van der Waals surface area contributed by atoms with E-state index >= 15 is 0 Å². The van der Waals surface area contributed by atoms with E-state index < -0.39 is 0 Å². The number of hydrogen-bond acceptors (Lipinski definition) is 4. The van der Waals surface area contributed by atoms with E-state index in [4.69, 9.17) is 5.73 Å². The molecule has 0 saturated carbocycles. The number of nitrogens with two attached hydrogens (primary N) is 1. The maximum Gasteiger partial charge on any atom is 0.241 e. The second kappa shape index (κ2) is 4.91. The summed E-state index contributed by atoms with van der Waals surface area (Å²) in [7, 11) is 3.46. The van der Waals surface area contributed by atoms with Crippen LogP contribution < -0.4 is 11.1 Å². The van der Waals surface area contributed by atoms with Crippen LogP contribution in [-0.4, -0.2) is 36.4 Å². The molecule has 1 aromatic heterocycles. The number of fused-ring (bicyclic) bond motifs is 1. The topological polar surface area (TPSA) is 71.2 Å². The van der Waals surface area contributed by atoms with Crippen molar-refractivity contribution in [1.29, 1.82) is 0 Å². The third-order valence-electron chi connectivity index (χ3n) is 2.73. The molecule has 0 fully saturated rings.